The van der Waals surface area contributed by atoms with Gasteiger partial charge in [0.25, 0.3) is 0 Å². The number of allylic oxidation sites excluding steroid dienone is 2. The monoisotopic (exact) mass is 415 g/mol. The van der Waals surface area contributed by atoms with E-state index in [1.165, 1.54) is 33.4 Å². The molecule has 3 aliphatic carbocycles. The fourth-order valence-corrected chi connectivity index (χ4v) is 13.1. The Morgan fingerprint density at radius 1 is 0.875 bits per heavy atom. The molecule has 5 rings (SSSR count). The minimum absolute atomic E-state index is 1.38. The molecule has 0 radical (unpaired) electrons. The van der Waals surface area contributed by atoms with Crippen LogP contribution in [0.5, 0.6) is 0 Å². The second kappa shape index (κ2) is 5.03. The van der Waals surface area contributed by atoms with Crippen LogP contribution in [-0.4, -0.2) is 18.4 Å². The second-order valence-corrected chi connectivity index (χ2v) is 19.6. The summed E-state index contributed by atoms with van der Waals surface area (Å²) in [5, 5.41) is 0. The van der Waals surface area contributed by atoms with Crippen LogP contribution in [0.25, 0.3) is 28.9 Å². The molecule has 1 heterocycles. The molecule has 1 aromatic carbocycles. The fraction of sp³-hybridized carbons (Fsp3) is 0.0870. The molecule has 1 aliphatic heterocycles. The van der Waals surface area contributed by atoms with Crippen LogP contribution in [0.1, 0.15) is 16.7 Å². The summed E-state index contributed by atoms with van der Waals surface area (Å²) in [6, 6.07) is 24.4. The van der Waals surface area contributed by atoms with Crippen molar-refractivity contribution >= 4 is 39.7 Å². The summed E-state index contributed by atoms with van der Waals surface area (Å²) < 4.78 is 3.30. The molecule has 0 N–H and O–H groups in total. The Morgan fingerprint density at radius 2 is 1.71 bits per heavy atom. The summed E-state index contributed by atoms with van der Waals surface area (Å²) >= 11 is -2.56. The van der Waals surface area contributed by atoms with Crippen molar-refractivity contribution < 1.29 is 0 Å². The first-order valence-electron chi connectivity index (χ1n) is 8.55. The van der Waals surface area contributed by atoms with Gasteiger partial charge in [0.2, 0.25) is 0 Å². The molecule has 114 valence electrons. The van der Waals surface area contributed by atoms with Crippen molar-refractivity contribution in [3.63, 3.8) is 0 Å². The fourth-order valence-electron chi connectivity index (χ4n) is 4.26. The molecule has 1 heteroatoms. The standard InChI is InChI=1S/C21H13.2CH3.Sn/c1-3-7-16-11-13-18(20(16)9-5-1)15-19-14-12-17-8-4-2-6-10-21(17)19;;;/h1-12,15H;2*1H3;/q+1;;;. The molecule has 0 spiro atoms. The molecular weight excluding hydrogens is 395 g/mol. The average Bonchev–Trinajstić information content (AvgIpc) is 2.88. The zero-order valence-corrected chi connectivity index (χ0v) is 16.9. The van der Waals surface area contributed by atoms with Gasteiger partial charge in [-0.2, -0.15) is 0 Å². The molecule has 0 bridgehead atoms. The molecule has 4 aliphatic rings. The van der Waals surface area contributed by atoms with Gasteiger partial charge in [0.05, 0.1) is 0 Å². The topological polar surface area (TPSA) is 0 Å². The Morgan fingerprint density at radius 3 is 2.62 bits per heavy atom. The van der Waals surface area contributed by atoms with E-state index < -0.39 is 18.4 Å². The van der Waals surface area contributed by atoms with Gasteiger partial charge in [0, 0.05) is 0 Å². The second-order valence-electron chi connectivity index (χ2n) is 7.27. The molecule has 0 saturated carbocycles. The van der Waals surface area contributed by atoms with Gasteiger partial charge in [-0.15, -0.1) is 0 Å². The maximum absolute atomic E-state index is 2.57. The molecule has 24 heavy (non-hydrogen) atoms. The van der Waals surface area contributed by atoms with E-state index in [4.69, 9.17) is 0 Å². The predicted molar refractivity (Wildman–Crippen MR) is 107 cm³/mol. The van der Waals surface area contributed by atoms with Crippen LogP contribution in [0.15, 0.2) is 70.3 Å². The molecule has 1 aromatic rings. The van der Waals surface area contributed by atoms with Crippen molar-refractivity contribution in [2.24, 2.45) is 0 Å². The summed E-state index contributed by atoms with van der Waals surface area (Å²) in [5.41, 5.74) is 8.53. The van der Waals surface area contributed by atoms with Gasteiger partial charge < -0.3 is 0 Å². The maximum atomic E-state index is 2.57. The van der Waals surface area contributed by atoms with E-state index in [-0.39, 0.29) is 0 Å². The molecule has 0 fully saturated rings. The van der Waals surface area contributed by atoms with Crippen LogP contribution in [0, 0.1) is 0 Å². The number of rotatable bonds is 0. The van der Waals surface area contributed by atoms with E-state index in [2.05, 4.69) is 88.8 Å². The van der Waals surface area contributed by atoms with E-state index >= 15 is 0 Å². The van der Waals surface area contributed by atoms with E-state index in [1.807, 2.05) is 0 Å². The molecule has 0 aromatic heterocycles. The third-order valence-corrected chi connectivity index (χ3v) is 15.6. The SMILES string of the molecule is [CH3][Sn]1([CH3])[C]2=Cc3c[cH+]cccc3C2=Cc2c3cccccc-3c[c]21. The van der Waals surface area contributed by atoms with Crippen molar-refractivity contribution in [3.05, 3.63) is 87.0 Å². The number of fused-ring (bicyclic) bond motifs is 6. The van der Waals surface area contributed by atoms with E-state index in [0.717, 1.165) is 0 Å². The Bertz CT molecular complexity index is 1030. The Labute approximate surface area is 147 Å². The third kappa shape index (κ3) is 1.89. The van der Waals surface area contributed by atoms with Crippen LogP contribution in [0.2, 0.25) is 9.88 Å². The van der Waals surface area contributed by atoms with Crippen LogP contribution in [0.3, 0.4) is 0 Å². The molecular formula is C23H19Sn+. The molecule has 0 unspecified atom stereocenters. The quantitative estimate of drug-likeness (QED) is 0.338. The van der Waals surface area contributed by atoms with Gasteiger partial charge in [-0.3, -0.25) is 0 Å². The predicted octanol–water partition coefficient (Wildman–Crippen LogP) is 5.48. The summed E-state index contributed by atoms with van der Waals surface area (Å²) in [6.45, 7) is 0. The first kappa shape index (κ1) is 14.4. The van der Waals surface area contributed by atoms with Crippen molar-refractivity contribution in [3.8, 4) is 11.1 Å². The molecule has 0 amide bonds. The van der Waals surface area contributed by atoms with Gasteiger partial charge in [-0.05, 0) is 0 Å². The molecule has 0 saturated heterocycles. The minimum atomic E-state index is -2.56. The van der Waals surface area contributed by atoms with Gasteiger partial charge in [-0.25, -0.2) is 0 Å². The summed E-state index contributed by atoms with van der Waals surface area (Å²) in [7, 11) is 0. The summed E-state index contributed by atoms with van der Waals surface area (Å²) in [4.78, 5) is 5.13. The third-order valence-electron chi connectivity index (χ3n) is 5.54. The average molecular weight is 414 g/mol. The Hall–Kier alpha value is -1.93. The van der Waals surface area contributed by atoms with Gasteiger partial charge in [-0.1, -0.05) is 0 Å². The van der Waals surface area contributed by atoms with Gasteiger partial charge >= 0.3 is 148 Å². The van der Waals surface area contributed by atoms with Crippen molar-refractivity contribution in [2.75, 3.05) is 0 Å². The van der Waals surface area contributed by atoms with Gasteiger partial charge in [0.15, 0.2) is 0 Å². The normalized spacial score (nSPS) is 16.8. The summed E-state index contributed by atoms with van der Waals surface area (Å²) in [6.07, 6.45) is 4.93. The van der Waals surface area contributed by atoms with E-state index in [0.29, 0.717) is 0 Å². The molecule has 0 atom stereocenters. The Balaban J connectivity index is 1.86. The first-order chi connectivity index (χ1) is 11.7. The van der Waals surface area contributed by atoms with Crippen LogP contribution in [0.4, 0.5) is 0 Å². The first-order valence-corrected chi connectivity index (χ1v) is 17.1. The van der Waals surface area contributed by atoms with Crippen molar-refractivity contribution in [1.29, 1.82) is 0 Å². The van der Waals surface area contributed by atoms with E-state index in [9.17, 15) is 0 Å². The number of hydrogen-bond acceptors (Lipinski definition) is 0. The summed E-state index contributed by atoms with van der Waals surface area (Å²) in [5.74, 6) is 0. The Kier molecular flexibility index (Phi) is 3.02. The van der Waals surface area contributed by atoms with Crippen LogP contribution >= 0.6 is 0 Å². The van der Waals surface area contributed by atoms with Crippen LogP contribution < -0.4 is 3.58 Å². The van der Waals surface area contributed by atoms with Crippen molar-refractivity contribution in [2.45, 2.75) is 9.88 Å². The van der Waals surface area contributed by atoms with E-state index in [1.54, 1.807) is 7.17 Å². The van der Waals surface area contributed by atoms with Crippen molar-refractivity contribution in [1.82, 2.24) is 0 Å². The zero-order valence-electron chi connectivity index (χ0n) is 14.0. The number of hydrogen-bond donors (Lipinski definition) is 0. The van der Waals surface area contributed by atoms with Gasteiger partial charge in [0.1, 0.15) is 0 Å². The molecule has 0 nitrogen and oxygen atoms in total. The van der Waals surface area contributed by atoms with Crippen LogP contribution in [-0.2, 0) is 0 Å². The zero-order chi connectivity index (χ0) is 16.3.